The van der Waals surface area contributed by atoms with Crippen LogP contribution in [0.4, 0.5) is 8.78 Å². The van der Waals surface area contributed by atoms with Gasteiger partial charge in [0.25, 0.3) is 0 Å². The van der Waals surface area contributed by atoms with Gasteiger partial charge in [-0.1, -0.05) is 25.4 Å². The molecule has 0 bridgehead atoms. The highest BCUT2D eigenvalue weighted by Gasteiger charge is 2.19. The van der Waals surface area contributed by atoms with Crippen LogP contribution in [-0.2, 0) is 12.8 Å². The number of rotatable bonds is 6. The molecule has 0 radical (unpaired) electrons. The second-order valence-electron chi connectivity index (χ2n) is 4.82. The number of benzene rings is 1. The SMILES string of the molecule is CCNC(Cc1ccc(CC)s1)c1cc(F)c(Cl)cc1F. The molecular weight excluding hydrogens is 312 g/mol. The minimum atomic E-state index is -0.587. The monoisotopic (exact) mass is 329 g/mol. The van der Waals surface area contributed by atoms with Crippen LogP contribution in [0.1, 0.15) is 35.2 Å². The van der Waals surface area contributed by atoms with Crippen molar-refractivity contribution in [2.45, 2.75) is 32.7 Å². The Balaban J connectivity index is 2.28. The van der Waals surface area contributed by atoms with Gasteiger partial charge in [0, 0.05) is 27.8 Å². The predicted octanol–water partition coefficient (Wildman–Crippen LogP) is 5.14. The van der Waals surface area contributed by atoms with E-state index in [1.807, 2.05) is 6.92 Å². The van der Waals surface area contributed by atoms with Gasteiger partial charge in [-0.25, -0.2) is 8.78 Å². The molecule has 0 saturated heterocycles. The average molecular weight is 330 g/mol. The first-order valence-electron chi connectivity index (χ1n) is 7.00. The Hall–Kier alpha value is -0.970. The van der Waals surface area contributed by atoms with Crippen molar-refractivity contribution >= 4 is 22.9 Å². The molecule has 114 valence electrons. The van der Waals surface area contributed by atoms with E-state index in [0.717, 1.165) is 17.4 Å². The van der Waals surface area contributed by atoms with Crippen molar-refractivity contribution < 1.29 is 8.78 Å². The first kappa shape index (κ1) is 16.4. The molecule has 1 atom stereocenters. The Morgan fingerprint density at radius 2 is 1.86 bits per heavy atom. The van der Waals surface area contributed by atoms with Gasteiger partial charge >= 0.3 is 0 Å². The van der Waals surface area contributed by atoms with Crippen LogP contribution in [0.5, 0.6) is 0 Å². The molecule has 0 spiro atoms. The molecule has 0 saturated carbocycles. The maximum atomic E-state index is 14.1. The van der Waals surface area contributed by atoms with E-state index in [1.54, 1.807) is 11.3 Å². The van der Waals surface area contributed by atoms with E-state index in [9.17, 15) is 8.78 Å². The van der Waals surface area contributed by atoms with Crippen molar-refractivity contribution in [1.82, 2.24) is 5.32 Å². The molecule has 5 heteroatoms. The van der Waals surface area contributed by atoms with Crippen LogP contribution >= 0.6 is 22.9 Å². The van der Waals surface area contributed by atoms with Crippen LogP contribution in [0.25, 0.3) is 0 Å². The maximum absolute atomic E-state index is 14.1. The van der Waals surface area contributed by atoms with E-state index < -0.39 is 11.6 Å². The van der Waals surface area contributed by atoms with Crippen molar-refractivity contribution in [3.8, 4) is 0 Å². The standard InChI is InChI=1S/C16H18ClF2NS/c1-3-10-5-6-11(21-10)7-16(20-4-2)12-8-15(19)13(17)9-14(12)18/h5-6,8-9,16,20H,3-4,7H2,1-2H3. The third-order valence-electron chi connectivity index (χ3n) is 3.34. The number of hydrogen-bond acceptors (Lipinski definition) is 2. The zero-order valence-electron chi connectivity index (χ0n) is 12.1. The molecule has 21 heavy (non-hydrogen) atoms. The number of nitrogens with one attached hydrogen (secondary N) is 1. The molecule has 0 amide bonds. The fraction of sp³-hybridized carbons (Fsp3) is 0.375. The number of thiophene rings is 1. The lowest BCUT2D eigenvalue weighted by molar-refractivity contribution is 0.504. The van der Waals surface area contributed by atoms with E-state index in [2.05, 4.69) is 24.4 Å². The summed E-state index contributed by atoms with van der Waals surface area (Å²) in [6, 6.07) is 6.12. The Bertz CT molecular complexity index is 612. The van der Waals surface area contributed by atoms with Crippen LogP contribution in [-0.4, -0.2) is 6.54 Å². The van der Waals surface area contributed by atoms with E-state index >= 15 is 0 Å². The molecule has 1 nitrogen and oxygen atoms in total. The lowest BCUT2D eigenvalue weighted by Gasteiger charge is -2.18. The van der Waals surface area contributed by atoms with Crippen molar-refractivity contribution in [1.29, 1.82) is 0 Å². The zero-order chi connectivity index (χ0) is 15.4. The summed E-state index contributed by atoms with van der Waals surface area (Å²) in [6.45, 7) is 4.73. The van der Waals surface area contributed by atoms with Crippen molar-refractivity contribution in [2.75, 3.05) is 6.54 Å². The number of hydrogen-bond donors (Lipinski definition) is 1. The molecule has 1 aromatic heterocycles. The van der Waals surface area contributed by atoms with Gasteiger partial charge in [0.15, 0.2) is 0 Å². The highest BCUT2D eigenvalue weighted by atomic mass is 35.5. The third-order valence-corrected chi connectivity index (χ3v) is 4.88. The first-order valence-corrected chi connectivity index (χ1v) is 8.20. The summed E-state index contributed by atoms with van der Waals surface area (Å²) in [6.07, 6.45) is 1.62. The Kier molecular flexibility index (Phi) is 5.73. The number of aryl methyl sites for hydroxylation is 1. The molecule has 0 aliphatic carbocycles. The second-order valence-corrected chi connectivity index (χ2v) is 6.48. The quantitative estimate of drug-likeness (QED) is 0.724. The van der Waals surface area contributed by atoms with Gasteiger partial charge in [0.2, 0.25) is 0 Å². The van der Waals surface area contributed by atoms with Gasteiger partial charge < -0.3 is 5.32 Å². The van der Waals surface area contributed by atoms with Gasteiger partial charge in [-0.2, -0.15) is 0 Å². The Labute approximate surface area is 133 Å². The molecule has 2 rings (SSSR count). The lowest BCUT2D eigenvalue weighted by Crippen LogP contribution is -2.23. The van der Waals surface area contributed by atoms with Crippen LogP contribution < -0.4 is 5.32 Å². The fourth-order valence-corrected chi connectivity index (χ4v) is 3.42. The van der Waals surface area contributed by atoms with Crippen LogP contribution in [0.15, 0.2) is 24.3 Å². The maximum Gasteiger partial charge on any atom is 0.142 e. The normalized spacial score (nSPS) is 12.6. The smallest absolute Gasteiger partial charge is 0.142 e. The molecule has 0 fully saturated rings. The molecule has 1 heterocycles. The van der Waals surface area contributed by atoms with Gasteiger partial charge in [-0.15, -0.1) is 11.3 Å². The van der Waals surface area contributed by atoms with Crippen molar-refractivity contribution in [2.24, 2.45) is 0 Å². The van der Waals surface area contributed by atoms with Gasteiger partial charge in [0.05, 0.1) is 5.02 Å². The summed E-state index contributed by atoms with van der Waals surface area (Å²) >= 11 is 7.33. The van der Waals surface area contributed by atoms with Crippen LogP contribution in [0.2, 0.25) is 5.02 Å². The summed E-state index contributed by atoms with van der Waals surface area (Å²) in [7, 11) is 0. The highest BCUT2D eigenvalue weighted by molar-refractivity contribution is 7.11. The average Bonchev–Trinajstić information content (AvgIpc) is 2.90. The third kappa shape index (κ3) is 4.02. The van der Waals surface area contributed by atoms with Gasteiger partial charge in [-0.3, -0.25) is 0 Å². The van der Waals surface area contributed by atoms with E-state index in [1.165, 1.54) is 10.9 Å². The number of likely N-dealkylation sites (N-methyl/N-ethyl adjacent to an activating group) is 1. The molecule has 2 aromatic rings. The molecule has 0 aliphatic rings. The summed E-state index contributed by atoms with van der Waals surface area (Å²) in [4.78, 5) is 2.45. The van der Waals surface area contributed by atoms with Crippen LogP contribution in [0.3, 0.4) is 0 Å². The summed E-state index contributed by atoms with van der Waals surface area (Å²) in [5, 5.41) is 3.03. The molecule has 1 aromatic carbocycles. The van der Waals surface area contributed by atoms with E-state index in [0.29, 0.717) is 18.5 Å². The minimum Gasteiger partial charge on any atom is -0.310 e. The van der Waals surface area contributed by atoms with E-state index in [-0.39, 0.29) is 11.1 Å². The van der Waals surface area contributed by atoms with Crippen molar-refractivity contribution in [3.63, 3.8) is 0 Å². The zero-order valence-corrected chi connectivity index (χ0v) is 13.6. The molecule has 0 aliphatic heterocycles. The topological polar surface area (TPSA) is 12.0 Å². The predicted molar refractivity (Wildman–Crippen MR) is 85.2 cm³/mol. The Morgan fingerprint density at radius 3 is 2.48 bits per heavy atom. The van der Waals surface area contributed by atoms with Gasteiger partial charge in [-0.05, 0) is 37.2 Å². The summed E-state index contributed by atoms with van der Waals surface area (Å²) in [5.41, 5.74) is 0.324. The largest absolute Gasteiger partial charge is 0.310 e. The van der Waals surface area contributed by atoms with Crippen molar-refractivity contribution in [3.05, 3.63) is 56.2 Å². The second kappa shape index (κ2) is 7.34. The first-order chi connectivity index (χ1) is 10.0. The molecule has 1 N–H and O–H groups in total. The Morgan fingerprint density at radius 1 is 1.14 bits per heavy atom. The van der Waals surface area contributed by atoms with E-state index in [4.69, 9.17) is 11.6 Å². The van der Waals surface area contributed by atoms with Crippen LogP contribution in [0, 0.1) is 11.6 Å². The lowest BCUT2D eigenvalue weighted by atomic mass is 10.0. The summed E-state index contributed by atoms with van der Waals surface area (Å²) < 4.78 is 27.7. The minimum absolute atomic E-state index is 0.184. The number of halogens is 3. The fourth-order valence-electron chi connectivity index (χ4n) is 2.27. The van der Waals surface area contributed by atoms with Gasteiger partial charge in [0.1, 0.15) is 11.6 Å². The summed E-state index contributed by atoms with van der Waals surface area (Å²) in [5.74, 6) is -1.06. The highest BCUT2D eigenvalue weighted by Crippen LogP contribution is 2.28. The molecule has 1 unspecified atom stereocenters. The molecular formula is C16H18ClF2NS.